The molecule has 2 atom stereocenters. The summed E-state index contributed by atoms with van der Waals surface area (Å²) in [4.78, 5) is 0. The van der Waals surface area contributed by atoms with Gasteiger partial charge in [0.05, 0.1) is 13.2 Å². The van der Waals surface area contributed by atoms with Gasteiger partial charge >= 0.3 is 0 Å². The molecule has 2 unspecified atom stereocenters. The smallest absolute Gasteiger partial charge is 0.0554 e. The minimum atomic E-state index is 0.431. The number of hydrogen-bond acceptors (Lipinski definition) is 2. The Morgan fingerprint density at radius 2 is 2.13 bits per heavy atom. The van der Waals surface area contributed by atoms with Crippen LogP contribution in [0, 0.1) is 17.3 Å². The molecule has 2 rings (SSSR count). The molecule has 2 aliphatic rings. The molecule has 1 aliphatic heterocycles. The van der Waals surface area contributed by atoms with Gasteiger partial charge in [-0.3, -0.25) is 0 Å². The van der Waals surface area contributed by atoms with Crippen LogP contribution in [0.5, 0.6) is 0 Å². The first-order chi connectivity index (χ1) is 7.18. The van der Waals surface area contributed by atoms with Gasteiger partial charge in [-0.05, 0) is 31.2 Å². The normalized spacial score (nSPS) is 34.8. The quantitative estimate of drug-likeness (QED) is 0.771. The molecule has 15 heavy (non-hydrogen) atoms. The minimum Gasteiger partial charge on any atom is -0.380 e. The molecule has 1 N–H and O–H groups in total. The van der Waals surface area contributed by atoms with E-state index in [4.69, 9.17) is 4.74 Å². The molecule has 2 heteroatoms. The van der Waals surface area contributed by atoms with Gasteiger partial charge in [0, 0.05) is 12.0 Å². The predicted octanol–water partition coefficient (Wildman–Crippen LogP) is 2.44. The van der Waals surface area contributed by atoms with Crippen LogP contribution in [0.3, 0.4) is 0 Å². The predicted molar refractivity (Wildman–Crippen MR) is 62.9 cm³/mol. The first-order valence-electron chi connectivity index (χ1n) is 6.46. The van der Waals surface area contributed by atoms with Crippen molar-refractivity contribution in [3.05, 3.63) is 0 Å². The van der Waals surface area contributed by atoms with Crippen molar-refractivity contribution in [1.29, 1.82) is 0 Å². The molecule has 0 spiro atoms. The van der Waals surface area contributed by atoms with Crippen molar-refractivity contribution in [2.45, 2.75) is 39.5 Å². The fourth-order valence-corrected chi connectivity index (χ4v) is 2.88. The van der Waals surface area contributed by atoms with Crippen molar-refractivity contribution in [2.75, 3.05) is 26.3 Å². The number of hydrogen-bond donors (Lipinski definition) is 1. The van der Waals surface area contributed by atoms with Crippen LogP contribution in [-0.4, -0.2) is 26.3 Å². The van der Waals surface area contributed by atoms with Crippen LogP contribution in [0.4, 0.5) is 0 Å². The van der Waals surface area contributed by atoms with Gasteiger partial charge in [0.1, 0.15) is 0 Å². The van der Waals surface area contributed by atoms with Gasteiger partial charge in [0.25, 0.3) is 0 Å². The molecule has 2 nitrogen and oxygen atoms in total. The summed E-state index contributed by atoms with van der Waals surface area (Å²) < 4.78 is 5.26. The van der Waals surface area contributed by atoms with Crippen molar-refractivity contribution in [3.63, 3.8) is 0 Å². The number of ether oxygens (including phenoxy) is 1. The molecule has 88 valence electrons. The molecule has 2 fully saturated rings. The van der Waals surface area contributed by atoms with Gasteiger partial charge in [-0.1, -0.05) is 26.7 Å². The lowest BCUT2D eigenvalue weighted by Gasteiger charge is -2.39. The monoisotopic (exact) mass is 211 g/mol. The largest absolute Gasteiger partial charge is 0.380 e. The molecule has 1 saturated carbocycles. The van der Waals surface area contributed by atoms with E-state index in [0.29, 0.717) is 5.41 Å². The maximum atomic E-state index is 5.26. The molecule has 0 aromatic heterocycles. The van der Waals surface area contributed by atoms with E-state index >= 15 is 0 Å². The Labute approximate surface area is 93.8 Å². The minimum absolute atomic E-state index is 0.431. The summed E-state index contributed by atoms with van der Waals surface area (Å²) in [6, 6.07) is 0. The Balaban J connectivity index is 1.60. The van der Waals surface area contributed by atoms with E-state index in [1.54, 1.807) is 0 Å². The Morgan fingerprint density at radius 3 is 2.73 bits per heavy atom. The van der Waals surface area contributed by atoms with Gasteiger partial charge in [-0.2, -0.15) is 0 Å². The highest BCUT2D eigenvalue weighted by molar-refractivity contribution is 4.83. The molecule has 0 aromatic carbocycles. The molecule has 0 bridgehead atoms. The van der Waals surface area contributed by atoms with Crippen LogP contribution in [0.2, 0.25) is 0 Å². The van der Waals surface area contributed by atoms with Crippen molar-refractivity contribution in [2.24, 2.45) is 17.3 Å². The summed E-state index contributed by atoms with van der Waals surface area (Å²) in [5.74, 6) is 1.88. The van der Waals surface area contributed by atoms with Crippen LogP contribution in [0.25, 0.3) is 0 Å². The Bertz CT molecular complexity index is 201. The van der Waals surface area contributed by atoms with Gasteiger partial charge in [0.15, 0.2) is 0 Å². The third kappa shape index (κ3) is 3.18. The second-order valence-electron chi connectivity index (χ2n) is 6.07. The van der Waals surface area contributed by atoms with Crippen molar-refractivity contribution < 1.29 is 4.74 Å². The SMILES string of the molecule is CC1CCCC(CNCC2(C)COC2)C1. The van der Waals surface area contributed by atoms with Gasteiger partial charge in [-0.25, -0.2) is 0 Å². The third-order valence-electron chi connectivity index (χ3n) is 3.93. The second-order valence-corrected chi connectivity index (χ2v) is 6.07. The maximum Gasteiger partial charge on any atom is 0.0554 e. The standard InChI is InChI=1S/C13H25NO/c1-11-4-3-5-12(6-11)7-14-8-13(2)9-15-10-13/h11-12,14H,3-10H2,1-2H3. The highest BCUT2D eigenvalue weighted by Gasteiger charge is 2.32. The Hall–Kier alpha value is -0.0800. The fraction of sp³-hybridized carbons (Fsp3) is 1.00. The van der Waals surface area contributed by atoms with E-state index in [-0.39, 0.29) is 0 Å². The molecule has 0 amide bonds. The van der Waals surface area contributed by atoms with Crippen LogP contribution >= 0.6 is 0 Å². The third-order valence-corrected chi connectivity index (χ3v) is 3.93. The van der Waals surface area contributed by atoms with Gasteiger partial charge in [0.2, 0.25) is 0 Å². The van der Waals surface area contributed by atoms with Crippen LogP contribution in [0.15, 0.2) is 0 Å². The maximum absolute atomic E-state index is 5.26. The van der Waals surface area contributed by atoms with Crippen molar-refractivity contribution in [1.82, 2.24) is 5.32 Å². The molecule has 1 heterocycles. The molecular weight excluding hydrogens is 186 g/mol. The zero-order chi connectivity index (χ0) is 10.7. The average Bonchev–Trinajstić information content (AvgIpc) is 2.15. The first-order valence-corrected chi connectivity index (χ1v) is 6.46. The van der Waals surface area contributed by atoms with E-state index in [0.717, 1.165) is 31.6 Å². The summed E-state index contributed by atoms with van der Waals surface area (Å²) >= 11 is 0. The van der Waals surface area contributed by atoms with E-state index in [1.807, 2.05) is 0 Å². The summed E-state index contributed by atoms with van der Waals surface area (Å²) in [7, 11) is 0. The summed E-state index contributed by atoms with van der Waals surface area (Å²) in [6.45, 7) is 8.96. The summed E-state index contributed by atoms with van der Waals surface area (Å²) in [5.41, 5.74) is 0.431. The Morgan fingerprint density at radius 1 is 1.33 bits per heavy atom. The summed E-state index contributed by atoms with van der Waals surface area (Å²) in [5, 5.41) is 3.64. The van der Waals surface area contributed by atoms with Crippen LogP contribution in [0.1, 0.15) is 39.5 Å². The van der Waals surface area contributed by atoms with Crippen molar-refractivity contribution >= 4 is 0 Å². The van der Waals surface area contributed by atoms with E-state index in [9.17, 15) is 0 Å². The van der Waals surface area contributed by atoms with E-state index < -0.39 is 0 Å². The number of rotatable bonds is 4. The zero-order valence-corrected chi connectivity index (χ0v) is 10.2. The van der Waals surface area contributed by atoms with Gasteiger partial charge < -0.3 is 10.1 Å². The highest BCUT2D eigenvalue weighted by atomic mass is 16.5. The lowest BCUT2D eigenvalue weighted by molar-refractivity contribution is -0.0993. The second kappa shape index (κ2) is 4.84. The molecule has 1 saturated heterocycles. The first kappa shape index (κ1) is 11.4. The molecular formula is C13H25NO. The molecule has 0 aromatic rings. The number of nitrogens with one attached hydrogen (secondary N) is 1. The van der Waals surface area contributed by atoms with Crippen LogP contribution in [-0.2, 0) is 4.74 Å². The zero-order valence-electron chi connectivity index (χ0n) is 10.2. The lowest BCUT2D eigenvalue weighted by atomic mass is 9.82. The Kier molecular flexibility index (Phi) is 3.68. The molecule has 1 aliphatic carbocycles. The lowest BCUT2D eigenvalue weighted by Crippen LogP contribution is -2.48. The average molecular weight is 211 g/mol. The highest BCUT2D eigenvalue weighted by Crippen LogP contribution is 2.29. The van der Waals surface area contributed by atoms with Crippen LogP contribution < -0.4 is 5.32 Å². The van der Waals surface area contributed by atoms with Crippen molar-refractivity contribution in [3.8, 4) is 0 Å². The van der Waals surface area contributed by atoms with Gasteiger partial charge in [-0.15, -0.1) is 0 Å². The molecule has 0 radical (unpaired) electrons. The summed E-state index contributed by atoms with van der Waals surface area (Å²) in [6.07, 6.45) is 5.75. The topological polar surface area (TPSA) is 21.3 Å². The fourth-order valence-electron chi connectivity index (χ4n) is 2.88. The van der Waals surface area contributed by atoms with E-state index in [1.165, 1.54) is 32.2 Å². The van der Waals surface area contributed by atoms with E-state index in [2.05, 4.69) is 19.2 Å².